The minimum absolute atomic E-state index is 0.0237. The highest BCUT2D eigenvalue weighted by Gasteiger charge is 2.20. The molecule has 2 aromatic carbocycles. The molecule has 0 spiro atoms. The zero-order valence-electron chi connectivity index (χ0n) is 17.5. The lowest BCUT2D eigenvalue weighted by molar-refractivity contribution is 0.0436. The highest BCUT2D eigenvalue weighted by atomic mass is 79.9. The minimum Gasteiger partial charge on any atom is -0.453 e. The Balaban J connectivity index is 1.69. The van der Waals surface area contributed by atoms with Crippen molar-refractivity contribution in [2.45, 2.75) is 13.3 Å². The molecule has 0 amide bonds. The Morgan fingerprint density at radius 2 is 2.12 bits per heavy atom. The highest BCUT2D eigenvalue weighted by Crippen LogP contribution is 2.36. The van der Waals surface area contributed by atoms with Crippen molar-refractivity contribution in [1.29, 1.82) is 5.26 Å². The Bertz CT molecular complexity index is 1440. The zero-order chi connectivity index (χ0) is 24.2. The van der Waals surface area contributed by atoms with Crippen LogP contribution in [0.4, 0.5) is 9.18 Å². The molecular weight excluding hydrogens is 533 g/mol. The van der Waals surface area contributed by atoms with E-state index in [4.69, 9.17) is 31.2 Å². The first-order valence-electron chi connectivity index (χ1n) is 9.79. The van der Waals surface area contributed by atoms with Crippen LogP contribution in [0.2, 0.25) is 5.02 Å². The Morgan fingerprint density at radius 3 is 2.88 bits per heavy atom. The maximum absolute atomic E-state index is 15.5. The predicted octanol–water partition coefficient (Wildman–Crippen LogP) is 5.22. The summed E-state index contributed by atoms with van der Waals surface area (Å²) in [6.07, 6.45) is 0.504. The Labute approximate surface area is 205 Å². The van der Waals surface area contributed by atoms with Crippen LogP contribution in [-0.4, -0.2) is 32.9 Å². The van der Waals surface area contributed by atoms with E-state index in [1.54, 1.807) is 25.1 Å². The second-order valence-electron chi connectivity index (χ2n) is 6.78. The molecule has 0 aliphatic rings. The number of nitriles is 1. The van der Waals surface area contributed by atoms with Crippen LogP contribution in [-0.2, 0) is 11.2 Å². The van der Waals surface area contributed by atoms with Gasteiger partial charge in [-0.25, -0.2) is 9.18 Å². The van der Waals surface area contributed by atoms with Crippen LogP contribution in [0.25, 0.3) is 11.0 Å². The summed E-state index contributed by atoms with van der Waals surface area (Å²) in [5, 5.41) is 21.9. The van der Waals surface area contributed by atoms with Gasteiger partial charge in [0.2, 0.25) is 5.65 Å². The van der Waals surface area contributed by atoms with Gasteiger partial charge in [0.05, 0.1) is 34.6 Å². The molecule has 34 heavy (non-hydrogen) atoms. The predicted molar refractivity (Wildman–Crippen MR) is 122 cm³/mol. The number of carbonyl (C=O) groups excluding carboxylic acids is 1. The van der Waals surface area contributed by atoms with E-state index in [0.29, 0.717) is 15.6 Å². The van der Waals surface area contributed by atoms with Crippen LogP contribution in [0.1, 0.15) is 23.7 Å². The number of hydrogen-bond acceptors (Lipinski definition) is 8. The smallest absolute Gasteiger partial charge is 0.453 e. The fraction of sp³-hybridized carbons (Fsp3) is 0.136. The molecule has 0 N–H and O–H groups in total. The van der Waals surface area contributed by atoms with Gasteiger partial charge in [0.25, 0.3) is 0 Å². The van der Waals surface area contributed by atoms with Gasteiger partial charge in [0.15, 0.2) is 11.6 Å². The van der Waals surface area contributed by atoms with Crippen molar-refractivity contribution in [1.82, 2.24) is 20.1 Å². The molecule has 4 aromatic rings. The maximum atomic E-state index is 15.5. The van der Waals surface area contributed by atoms with Crippen molar-refractivity contribution in [3.63, 3.8) is 0 Å². The number of fused-ring (bicyclic) bond motifs is 1. The lowest BCUT2D eigenvalue weighted by Crippen LogP contribution is -2.22. The van der Waals surface area contributed by atoms with Crippen molar-refractivity contribution in [3.05, 3.63) is 74.7 Å². The Morgan fingerprint density at radius 1 is 1.29 bits per heavy atom. The van der Waals surface area contributed by atoms with Crippen molar-refractivity contribution < 1.29 is 23.5 Å². The summed E-state index contributed by atoms with van der Waals surface area (Å²) < 4.78 is 26.3. The Hall–Kier alpha value is -3.75. The number of nitrogens with zero attached hydrogens (tertiary/aromatic N) is 5. The molecule has 0 saturated heterocycles. The topological polar surface area (TPSA) is 112 Å². The fourth-order valence-corrected chi connectivity index (χ4v) is 3.71. The van der Waals surface area contributed by atoms with Crippen LogP contribution in [0.15, 0.2) is 47.1 Å². The largest absolute Gasteiger partial charge is 0.535 e. The standard InChI is InChI=1S/C22H14BrClFN5O4/c1-2-32-22(31)34-30-21-16(5-6-27-28-21)18(29-30)9-13-3-4-17(23)20(19(13)25)33-15-8-12(11-26)7-14(24)10-15/h3-8,10H,2,9H2,1H3. The molecule has 172 valence electrons. The molecule has 2 heterocycles. The first-order valence-corrected chi connectivity index (χ1v) is 11.0. The number of rotatable bonds is 6. The molecule has 0 fully saturated rings. The average molecular weight is 547 g/mol. The molecule has 9 nitrogen and oxygen atoms in total. The quantitative estimate of drug-likeness (QED) is 0.303. The summed E-state index contributed by atoms with van der Waals surface area (Å²) in [4.78, 5) is 17.7. The number of carbonyl (C=O) groups is 1. The van der Waals surface area contributed by atoms with E-state index in [2.05, 4.69) is 31.2 Å². The van der Waals surface area contributed by atoms with Gasteiger partial charge >= 0.3 is 6.16 Å². The second kappa shape index (κ2) is 10.0. The molecule has 4 rings (SSSR count). The van der Waals surface area contributed by atoms with Gasteiger partial charge in [-0.2, -0.15) is 10.4 Å². The van der Waals surface area contributed by atoms with Gasteiger partial charge in [0.1, 0.15) is 5.75 Å². The third-order valence-electron chi connectivity index (χ3n) is 4.54. The lowest BCUT2D eigenvalue weighted by atomic mass is 10.1. The number of aromatic nitrogens is 4. The molecule has 0 atom stereocenters. The third-order valence-corrected chi connectivity index (χ3v) is 5.38. The van der Waals surface area contributed by atoms with Crippen LogP contribution in [0.5, 0.6) is 11.5 Å². The van der Waals surface area contributed by atoms with E-state index in [9.17, 15) is 4.79 Å². The lowest BCUT2D eigenvalue weighted by Gasteiger charge is -2.12. The number of ether oxygens (including phenoxy) is 2. The van der Waals surface area contributed by atoms with E-state index >= 15 is 4.39 Å². The molecule has 2 aromatic heterocycles. The molecule has 0 aliphatic heterocycles. The summed E-state index contributed by atoms with van der Waals surface area (Å²) in [6.45, 7) is 1.75. The first kappa shape index (κ1) is 23.4. The van der Waals surface area contributed by atoms with Crippen molar-refractivity contribution in [3.8, 4) is 17.6 Å². The molecule has 0 radical (unpaired) electrons. The van der Waals surface area contributed by atoms with Crippen molar-refractivity contribution in [2.24, 2.45) is 0 Å². The van der Waals surface area contributed by atoms with Gasteiger partial charge in [-0.3, -0.25) is 4.84 Å². The monoisotopic (exact) mass is 545 g/mol. The number of benzene rings is 2. The average Bonchev–Trinajstić information content (AvgIpc) is 3.15. The minimum atomic E-state index is -0.965. The highest BCUT2D eigenvalue weighted by molar-refractivity contribution is 9.10. The molecule has 0 bridgehead atoms. The van der Waals surface area contributed by atoms with Gasteiger partial charge < -0.3 is 9.47 Å². The summed E-state index contributed by atoms with van der Waals surface area (Å²) in [6, 6.07) is 11.2. The summed E-state index contributed by atoms with van der Waals surface area (Å²) in [7, 11) is 0. The molecular formula is C22H14BrClFN5O4. The second-order valence-corrected chi connectivity index (χ2v) is 8.07. The van der Waals surface area contributed by atoms with E-state index in [1.807, 2.05) is 6.07 Å². The van der Waals surface area contributed by atoms with Gasteiger partial charge in [-0.1, -0.05) is 22.5 Å². The van der Waals surface area contributed by atoms with Crippen LogP contribution in [0, 0.1) is 17.1 Å². The fourth-order valence-electron chi connectivity index (χ4n) is 3.10. The van der Waals surface area contributed by atoms with Gasteiger partial charge in [-0.05, 0) is 58.7 Å². The maximum Gasteiger partial charge on any atom is 0.535 e. The molecule has 0 aliphatic carbocycles. The van der Waals surface area contributed by atoms with Crippen LogP contribution in [0.3, 0.4) is 0 Å². The van der Waals surface area contributed by atoms with Crippen LogP contribution >= 0.6 is 27.5 Å². The van der Waals surface area contributed by atoms with Crippen molar-refractivity contribution >= 4 is 44.7 Å². The summed E-state index contributed by atoms with van der Waals surface area (Å²) in [5.41, 5.74) is 1.08. The van der Waals surface area contributed by atoms with Crippen LogP contribution < -0.4 is 9.57 Å². The molecule has 0 unspecified atom stereocenters. The SMILES string of the molecule is CCOC(=O)On1nc(Cc2ccc(Br)c(Oc3cc(Cl)cc(C#N)c3)c2F)c2ccnnc21. The van der Waals surface area contributed by atoms with Gasteiger partial charge in [0, 0.05) is 16.8 Å². The van der Waals surface area contributed by atoms with E-state index in [1.165, 1.54) is 24.4 Å². The van der Waals surface area contributed by atoms with E-state index < -0.39 is 12.0 Å². The number of halogens is 3. The first-order chi connectivity index (χ1) is 16.4. The van der Waals surface area contributed by atoms with Gasteiger partial charge in [-0.15, -0.1) is 10.2 Å². The summed E-state index contributed by atoms with van der Waals surface area (Å²) >= 11 is 9.32. The van der Waals surface area contributed by atoms with Crippen molar-refractivity contribution in [2.75, 3.05) is 6.61 Å². The Kier molecular flexibility index (Phi) is 6.90. The van der Waals surface area contributed by atoms with E-state index in [0.717, 1.165) is 4.85 Å². The van der Waals surface area contributed by atoms with E-state index in [-0.39, 0.29) is 46.3 Å². The molecule has 12 heteroatoms. The third kappa shape index (κ3) is 4.93. The molecule has 0 saturated carbocycles. The summed E-state index contributed by atoms with van der Waals surface area (Å²) in [5.74, 6) is -0.535. The normalized spacial score (nSPS) is 10.7. The number of hydrogen-bond donors (Lipinski definition) is 0. The zero-order valence-corrected chi connectivity index (χ0v) is 19.8.